The van der Waals surface area contributed by atoms with Crippen LogP contribution < -0.4 is 5.73 Å². The van der Waals surface area contributed by atoms with Crippen LogP contribution in [0.1, 0.15) is 11.8 Å². The van der Waals surface area contributed by atoms with E-state index in [2.05, 4.69) is 19.7 Å². The van der Waals surface area contributed by atoms with E-state index in [1.54, 1.807) is 4.57 Å². The molecule has 3 N–H and O–H groups in total. The Morgan fingerprint density at radius 3 is 3.05 bits per heavy atom. The van der Waals surface area contributed by atoms with Crippen LogP contribution in [0.2, 0.25) is 5.15 Å². The molecule has 0 spiro atoms. The van der Waals surface area contributed by atoms with Crippen LogP contribution in [0.25, 0.3) is 11.2 Å². The van der Waals surface area contributed by atoms with Crippen LogP contribution in [0.3, 0.4) is 0 Å². The predicted molar refractivity (Wildman–Crippen MR) is 80.0 cm³/mol. The quantitative estimate of drug-likeness (QED) is 0.591. The fourth-order valence-corrected chi connectivity index (χ4v) is 2.93. The molecule has 2 heterocycles. The summed E-state index contributed by atoms with van der Waals surface area (Å²) in [4.78, 5) is 23.6. The lowest BCUT2D eigenvalue weighted by Gasteiger charge is -2.17. The van der Waals surface area contributed by atoms with E-state index in [-0.39, 0.29) is 35.5 Å². The standard InChI is InChI=1S/C11H14ClN5O3S/c1-20-7(19)4-6(21-3-2-18)17-5-14-8-9(12)15-11(13)16-10(8)17/h5-6,18H,2-4H2,1H3,(H2,13,15,16)/t6-/m1/s1. The van der Waals surface area contributed by atoms with E-state index in [0.717, 1.165) is 0 Å². The second kappa shape index (κ2) is 6.92. The number of carbonyl (C=O) groups excluding carboxylic acids is 1. The van der Waals surface area contributed by atoms with Gasteiger partial charge in [-0.1, -0.05) is 11.6 Å². The third-order valence-corrected chi connectivity index (χ3v) is 4.14. The van der Waals surface area contributed by atoms with Gasteiger partial charge in [0, 0.05) is 5.75 Å². The lowest BCUT2D eigenvalue weighted by Crippen LogP contribution is -2.13. The number of thioether (sulfide) groups is 1. The number of halogens is 1. The maximum absolute atomic E-state index is 11.5. The highest BCUT2D eigenvalue weighted by Crippen LogP contribution is 2.31. The Morgan fingerprint density at radius 1 is 1.62 bits per heavy atom. The summed E-state index contributed by atoms with van der Waals surface area (Å²) >= 11 is 7.35. The fraction of sp³-hybridized carbons (Fsp3) is 0.455. The van der Waals surface area contributed by atoms with E-state index in [4.69, 9.17) is 22.4 Å². The molecule has 0 bridgehead atoms. The molecular weight excluding hydrogens is 318 g/mol. The molecule has 21 heavy (non-hydrogen) atoms. The van der Waals surface area contributed by atoms with Gasteiger partial charge in [0.05, 0.1) is 31.8 Å². The number of ether oxygens (including phenoxy) is 1. The van der Waals surface area contributed by atoms with Gasteiger partial charge in [-0.15, -0.1) is 11.8 Å². The van der Waals surface area contributed by atoms with Crippen molar-refractivity contribution in [1.29, 1.82) is 0 Å². The molecule has 10 heteroatoms. The fourth-order valence-electron chi connectivity index (χ4n) is 1.76. The molecule has 8 nitrogen and oxygen atoms in total. The largest absolute Gasteiger partial charge is 0.469 e. The van der Waals surface area contributed by atoms with Crippen LogP contribution in [-0.2, 0) is 9.53 Å². The summed E-state index contributed by atoms with van der Waals surface area (Å²) in [7, 11) is 1.32. The van der Waals surface area contributed by atoms with Crippen LogP contribution in [0.4, 0.5) is 5.95 Å². The zero-order valence-electron chi connectivity index (χ0n) is 11.2. The van der Waals surface area contributed by atoms with Crippen LogP contribution in [0, 0.1) is 0 Å². The van der Waals surface area contributed by atoms with E-state index in [9.17, 15) is 4.79 Å². The number of aromatic nitrogens is 4. The number of hydrogen-bond acceptors (Lipinski definition) is 8. The topological polar surface area (TPSA) is 116 Å². The summed E-state index contributed by atoms with van der Waals surface area (Å²) in [6.45, 7) is -0.00710. The Hall–Kier alpha value is -1.58. The van der Waals surface area contributed by atoms with Gasteiger partial charge in [-0.3, -0.25) is 4.79 Å². The zero-order chi connectivity index (χ0) is 15.4. The zero-order valence-corrected chi connectivity index (χ0v) is 12.8. The Labute approximate surface area is 129 Å². The smallest absolute Gasteiger partial charge is 0.308 e. The number of nitrogens with two attached hydrogens (primary N) is 1. The monoisotopic (exact) mass is 331 g/mol. The summed E-state index contributed by atoms with van der Waals surface area (Å²) in [6.07, 6.45) is 1.62. The number of imidazole rings is 1. The van der Waals surface area contributed by atoms with E-state index in [1.165, 1.54) is 25.2 Å². The lowest BCUT2D eigenvalue weighted by molar-refractivity contribution is -0.140. The molecule has 0 amide bonds. The predicted octanol–water partition coefficient (Wildman–Crippen LogP) is 0.849. The van der Waals surface area contributed by atoms with Crippen molar-refractivity contribution in [3.63, 3.8) is 0 Å². The third kappa shape index (κ3) is 3.55. The molecule has 2 aromatic heterocycles. The van der Waals surface area contributed by atoms with E-state index in [1.807, 2.05) is 0 Å². The Balaban J connectivity index is 2.41. The molecule has 0 unspecified atom stereocenters. The van der Waals surface area contributed by atoms with Gasteiger partial charge in [0.2, 0.25) is 5.95 Å². The Kier molecular flexibility index (Phi) is 5.21. The molecular formula is C11H14ClN5O3S. The molecule has 0 aliphatic rings. The number of aliphatic hydroxyl groups is 1. The number of hydrogen-bond donors (Lipinski definition) is 2. The SMILES string of the molecule is COC(=O)C[C@@H](SCCO)n1cnc2c(Cl)nc(N)nc21. The van der Waals surface area contributed by atoms with Crippen LogP contribution in [0.15, 0.2) is 6.33 Å². The van der Waals surface area contributed by atoms with Gasteiger partial charge >= 0.3 is 5.97 Å². The Bertz CT molecular complexity index is 650. The average Bonchev–Trinajstić information content (AvgIpc) is 2.87. The van der Waals surface area contributed by atoms with Crippen molar-refractivity contribution in [3.8, 4) is 0 Å². The van der Waals surface area contributed by atoms with Gasteiger partial charge in [-0.25, -0.2) is 4.98 Å². The molecule has 0 saturated heterocycles. The molecule has 0 fully saturated rings. The molecule has 2 rings (SSSR count). The maximum Gasteiger partial charge on any atom is 0.308 e. The molecule has 2 aromatic rings. The number of rotatable bonds is 6. The minimum atomic E-state index is -0.375. The van der Waals surface area contributed by atoms with Crippen molar-refractivity contribution in [1.82, 2.24) is 19.5 Å². The highest BCUT2D eigenvalue weighted by molar-refractivity contribution is 7.99. The van der Waals surface area contributed by atoms with Crippen LogP contribution >= 0.6 is 23.4 Å². The van der Waals surface area contributed by atoms with Gasteiger partial charge in [0.15, 0.2) is 10.8 Å². The van der Waals surface area contributed by atoms with Crippen LogP contribution in [-0.4, -0.2) is 50.1 Å². The minimum absolute atomic E-state index is 0.00710. The summed E-state index contributed by atoms with van der Waals surface area (Å²) in [5.74, 6) is 0.106. The summed E-state index contributed by atoms with van der Waals surface area (Å²) in [6, 6.07) is 0. The number of anilines is 1. The number of carbonyl (C=O) groups is 1. The first-order valence-electron chi connectivity index (χ1n) is 6.01. The second-order valence-corrected chi connectivity index (χ2v) is 5.67. The first-order valence-corrected chi connectivity index (χ1v) is 7.44. The number of esters is 1. The van der Waals surface area contributed by atoms with Crippen molar-refractivity contribution in [2.75, 3.05) is 25.2 Å². The normalized spacial score (nSPS) is 12.5. The van der Waals surface area contributed by atoms with Gasteiger partial charge in [0.25, 0.3) is 0 Å². The molecule has 1 atom stereocenters. The van der Waals surface area contributed by atoms with Gasteiger partial charge < -0.3 is 20.1 Å². The first kappa shape index (κ1) is 15.8. The highest BCUT2D eigenvalue weighted by atomic mass is 35.5. The van der Waals surface area contributed by atoms with Crippen LogP contribution in [0.5, 0.6) is 0 Å². The number of nitrogens with zero attached hydrogens (tertiary/aromatic N) is 4. The summed E-state index contributed by atoms with van der Waals surface area (Å²) in [5, 5.41) is 8.80. The Morgan fingerprint density at radius 2 is 2.38 bits per heavy atom. The molecule has 0 aliphatic carbocycles. The molecule has 0 aliphatic heterocycles. The van der Waals surface area contributed by atoms with Gasteiger partial charge in [0.1, 0.15) is 5.52 Å². The van der Waals surface area contributed by atoms with Crippen molar-refractivity contribution in [3.05, 3.63) is 11.5 Å². The van der Waals surface area contributed by atoms with Crippen molar-refractivity contribution in [2.24, 2.45) is 0 Å². The number of fused-ring (bicyclic) bond motifs is 1. The summed E-state index contributed by atoms with van der Waals surface area (Å²) in [5.41, 5.74) is 6.44. The molecule has 0 radical (unpaired) electrons. The highest BCUT2D eigenvalue weighted by Gasteiger charge is 2.21. The number of aliphatic hydroxyl groups excluding tert-OH is 1. The first-order chi connectivity index (χ1) is 10.1. The van der Waals surface area contributed by atoms with Gasteiger partial charge in [-0.2, -0.15) is 9.97 Å². The summed E-state index contributed by atoms with van der Waals surface area (Å²) < 4.78 is 6.36. The van der Waals surface area contributed by atoms with Crippen molar-refractivity contribution in [2.45, 2.75) is 11.8 Å². The minimum Gasteiger partial charge on any atom is -0.469 e. The average molecular weight is 332 g/mol. The third-order valence-electron chi connectivity index (χ3n) is 2.68. The number of methoxy groups -OCH3 is 1. The van der Waals surface area contributed by atoms with E-state index in [0.29, 0.717) is 16.9 Å². The molecule has 0 saturated carbocycles. The number of nitrogen functional groups attached to an aromatic ring is 1. The van der Waals surface area contributed by atoms with E-state index < -0.39 is 0 Å². The second-order valence-electron chi connectivity index (χ2n) is 4.03. The van der Waals surface area contributed by atoms with Gasteiger partial charge in [-0.05, 0) is 0 Å². The lowest BCUT2D eigenvalue weighted by atomic mass is 10.4. The molecule has 114 valence electrons. The van der Waals surface area contributed by atoms with E-state index >= 15 is 0 Å². The molecule has 0 aromatic carbocycles. The van der Waals surface area contributed by atoms with Crippen molar-refractivity contribution < 1.29 is 14.6 Å². The van der Waals surface area contributed by atoms with Crippen molar-refractivity contribution >= 4 is 46.4 Å². The maximum atomic E-state index is 11.5.